The molecule has 0 aromatic heterocycles. The van der Waals surface area contributed by atoms with E-state index < -0.39 is 0 Å². The van der Waals surface area contributed by atoms with E-state index in [4.69, 9.17) is 18.0 Å². The van der Waals surface area contributed by atoms with Crippen molar-refractivity contribution in [2.75, 3.05) is 0 Å². The van der Waals surface area contributed by atoms with E-state index in [0.29, 0.717) is 4.99 Å². The first kappa shape index (κ1) is 11.2. The average molecular weight is 207 g/mol. The van der Waals surface area contributed by atoms with Gasteiger partial charge in [-0.15, -0.1) is 0 Å². The van der Waals surface area contributed by atoms with Crippen molar-refractivity contribution >= 4 is 17.2 Å². The molecule has 1 atom stereocenters. The van der Waals surface area contributed by atoms with Gasteiger partial charge in [-0.1, -0.05) is 42.9 Å². The Bertz CT molecular complexity index is 344. The fourth-order valence-electron chi connectivity index (χ4n) is 1.51. The maximum atomic E-state index is 5.60. The Morgan fingerprint density at radius 3 is 2.57 bits per heavy atom. The molecule has 0 fully saturated rings. The van der Waals surface area contributed by atoms with Gasteiger partial charge in [-0.2, -0.15) is 0 Å². The third-order valence-electron chi connectivity index (χ3n) is 2.51. The molecule has 0 spiro atoms. The maximum absolute atomic E-state index is 5.60. The standard InChI is InChI=1S/C12H17NS/c1-8-4-5-11(9(2)6-8)7-10(3)12(13)14/h4-6,10H,7H2,1-3H3,(H2,13,14). The van der Waals surface area contributed by atoms with Gasteiger partial charge in [0.2, 0.25) is 0 Å². The molecule has 2 heteroatoms. The van der Waals surface area contributed by atoms with Crippen LogP contribution in [0.4, 0.5) is 0 Å². The van der Waals surface area contributed by atoms with Crippen LogP contribution in [0, 0.1) is 19.8 Å². The molecule has 1 nitrogen and oxygen atoms in total. The number of hydrogen-bond donors (Lipinski definition) is 1. The molecular formula is C12H17NS. The number of rotatable bonds is 3. The fourth-order valence-corrected chi connectivity index (χ4v) is 1.59. The van der Waals surface area contributed by atoms with Crippen LogP contribution < -0.4 is 5.73 Å². The molecule has 0 radical (unpaired) electrons. The van der Waals surface area contributed by atoms with Gasteiger partial charge in [0, 0.05) is 5.92 Å². The van der Waals surface area contributed by atoms with Gasteiger partial charge in [0.15, 0.2) is 0 Å². The highest BCUT2D eigenvalue weighted by Crippen LogP contribution is 2.15. The van der Waals surface area contributed by atoms with Gasteiger partial charge in [0.05, 0.1) is 4.99 Å². The van der Waals surface area contributed by atoms with Crippen LogP contribution in [0.5, 0.6) is 0 Å². The molecule has 0 saturated heterocycles. The normalized spacial score (nSPS) is 12.5. The summed E-state index contributed by atoms with van der Waals surface area (Å²) in [5.41, 5.74) is 9.57. The Morgan fingerprint density at radius 2 is 2.07 bits per heavy atom. The highest BCUT2D eigenvalue weighted by atomic mass is 32.1. The molecule has 1 rings (SSSR count). The Labute approximate surface area is 91.3 Å². The van der Waals surface area contributed by atoms with E-state index in [9.17, 15) is 0 Å². The molecule has 1 aromatic carbocycles. The minimum atomic E-state index is 0.284. The lowest BCUT2D eigenvalue weighted by Crippen LogP contribution is -2.20. The lowest BCUT2D eigenvalue weighted by molar-refractivity contribution is 0.767. The zero-order chi connectivity index (χ0) is 10.7. The summed E-state index contributed by atoms with van der Waals surface area (Å²) in [7, 11) is 0. The molecule has 0 aliphatic rings. The number of thiocarbonyl (C=S) groups is 1. The molecular weight excluding hydrogens is 190 g/mol. The van der Waals surface area contributed by atoms with Crippen LogP contribution >= 0.6 is 12.2 Å². The van der Waals surface area contributed by atoms with E-state index in [1.54, 1.807) is 0 Å². The highest BCUT2D eigenvalue weighted by Gasteiger charge is 2.07. The second-order valence-corrected chi connectivity index (χ2v) is 4.41. The number of hydrogen-bond acceptors (Lipinski definition) is 1. The Morgan fingerprint density at radius 1 is 1.43 bits per heavy atom. The molecule has 2 N–H and O–H groups in total. The minimum absolute atomic E-state index is 0.284. The van der Waals surface area contributed by atoms with Gasteiger partial charge >= 0.3 is 0 Å². The first-order valence-electron chi connectivity index (χ1n) is 4.86. The predicted molar refractivity (Wildman–Crippen MR) is 65.6 cm³/mol. The van der Waals surface area contributed by atoms with Crippen LogP contribution in [0.3, 0.4) is 0 Å². The van der Waals surface area contributed by atoms with Crippen LogP contribution in [-0.2, 0) is 6.42 Å². The van der Waals surface area contributed by atoms with Crippen LogP contribution in [0.15, 0.2) is 18.2 Å². The fraction of sp³-hybridized carbons (Fsp3) is 0.417. The van der Waals surface area contributed by atoms with E-state index >= 15 is 0 Å². The zero-order valence-electron chi connectivity index (χ0n) is 9.00. The van der Waals surface area contributed by atoms with Crippen molar-refractivity contribution in [2.45, 2.75) is 27.2 Å². The maximum Gasteiger partial charge on any atom is 0.0759 e. The van der Waals surface area contributed by atoms with Gasteiger partial charge in [-0.25, -0.2) is 0 Å². The summed E-state index contributed by atoms with van der Waals surface area (Å²) < 4.78 is 0. The number of benzene rings is 1. The van der Waals surface area contributed by atoms with Crippen molar-refractivity contribution < 1.29 is 0 Å². The molecule has 1 unspecified atom stereocenters. The van der Waals surface area contributed by atoms with Gasteiger partial charge in [0.1, 0.15) is 0 Å². The molecule has 1 aromatic rings. The van der Waals surface area contributed by atoms with Gasteiger partial charge in [0.25, 0.3) is 0 Å². The lowest BCUT2D eigenvalue weighted by atomic mass is 9.96. The van der Waals surface area contributed by atoms with E-state index in [2.05, 4.69) is 39.0 Å². The smallest absolute Gasteiger partial charge is 0.0759 e. The molecule has 0 bridgehead atoms. The molecule has 0 saturated carbocycles. The van der Waals surface area contributed by atoms with Crippen LogP contribution in [0.25, 0.3) is 0 Å². The molecule has 14 heavy (non-hydrogen) atoms. The Balaban J connectivity index is 2.82. The molecule has 0 aliphatic heterocycles. The van der Waals surface area contributed by atoms with Gasteiger partial charge in [-0.05, 0) is 31.4 Å². The summed E-state index contributed by atoms with van der Waals surface area (Å²) in [4.78, 5) is 0.602. The van der Waals surface area contributed by atoms with Crippen molar-refractivity contribution in [1.82, 2.24) is 0 Å². The summed E-state index contributed by atoms with van der Waals surface area (Å²) in [5, 5.41) is 0. The molecule has 0 aliphatic carbocycles. The van der Waals surface area contributed by atoms with E-state index in [-0.39, 0.29) is 5.92 Å². The molecule has 0 heterocycles. The average Bonchev–Trinajstić information content (AvgIpc) is 2.09. The van der Waals surface area contributed by atoms with Crippen molar-refractivity contribution in [3.8, 4) is 0 Å². The van der Waals surface area contributed by atoms with Crippen LogP contribution in [-0.4, -0.2) is 4.99 Å². The van der Waals surface area contributed by atoms with Gasteiger partial charge < -0.3 is 5.73 Å². The van der Waals surface area contributed by atoms with Crippen molar-refractivity contribution in [1.29, 1.82) is 0 Å². The van der Waals surface area contributed by atoms with E-state index in [1.165, 1.54) is 16.7 Å². The summed E-state index contributed by atoms with van der Waals surface area (Å²) in [5.74, 6) is 0.284. The number of nitrogens with two attached hydrogens (primary N) is 1. The second kappa shape index (κ2) is 4.56. The second-order valence-electron chi connectivity index (χ2n) is 3.94. The largest absolute Gasteiger partial charge is 0.393 e. The summed E-state index contributed by atoms with van der Waals surface area (Å²) in [6.45, 7) is 6.31. The van der Waals surface area contributed by atoms with Crippen LogP contribution in [0.2, 0.25) is 0 Å². The predicted octanol–water partition coefficient (Wildman–Crippen LogP) is 2.77. The van der Waals surface area contributed by atoms with Crippen molar-refractivity contribution in [3.05, 3.63) is 34.9 Å². The summed E-state index contributed by atoms with van der Waals surface area (Å²) in [6.07, 6.45) is 0.946. The summed E-state index contributed by atoms with van der Waals surface area (Å²) >= 11 is 4.96. The van der Waals surface area contributed by atoms with Crippen molar-refractivity contribution in [3.63, 3.8) is 0 Å². The lowest BCUT2D eigenvalue weighted by Gasteiger charge is -2.12. The third-order valence-corrected chi connectivity index (χ3v) is 2.91. The molecule has 76 valence electrons. The topological polar surface area (TPSA) is 26.0 Å². The van der Waals surface area contributed by atoms with Gasteiger partial charge in [-0.3, -0.25) is 0 Å². The first-order chi connectivity index (χ1) is 6.50. The summed E-state index contributed by atoms with van der Waals surface area (Å²) in [6, 6.07) is 6.50. The third kappa shape index (κ3) is 2.81. The SMILES string of the molecule is Cc1ccc(CC(C)C(N)=S)c(C)c1. The van der Waals surface area contributed by atoms with Crippen LogP contribution in [0.1, 0.15) is 23.6 Å². The first-order valence-corrected chi connectivity index (χ1v) is 5.27. The Kier molecular flexibility index (Phi) is 3.64. The van der Waals surface area contributed by atoms with E-state index in [1.807, 2.05) is 0 Å². The van der Waals surface area contributed by atoms with Crippen molar-refractivity contribution in [2.24, 2.45) is 11.7 Å². The zero-order valence-corrected chi connectivity index (χ0v) is 9.82. The molecule has 0 amide bonds. The number of aryl methyl sites for hydroxylation is 2. The monoisotopic (exact) mass is 207 g/mol. The minimum Gasteiger partial charge on any atom is -0.393 e. The Hall–Kier alpha value is -0.890. The van der Waals surface area contributed by atoms with E-state index in [0.717, 1.165) is 6.42 Å². The quantitative estimate of drug-likeness (QED) is 0.771. The highest BCUT2D eigenvalue weighted by molar-refractivity contribution is 7.80.